The van der Waals surface area contributed by atoms with E-state index in [1.54, 1.807) is 0 Å². The van der Waals surface area contributed by atoms with Crippen LogP contribution < -0.4 is 0 Å². The number of ether oxygens (including phenoxy) is 3. The van der Waals surface area contributed by atoms with E-state index in [1.807, 2.05) is 0 Å². The largest absolute Gasteiger partial charge is 0.462 e. The summed E-state index contributed by atoms with van der Waals surface area (Å²) in [5.41, 5.74) is 0. The topological polar surface area (TPSA) is 78.9 Å². The first kappa shape index (κ1) is 60.1. The monoisotopic (exact) mass is 881 g/mol. The van der Waals surface area contributed by atoms with Gasteiger partial charge in [0.15, 0.2) is 6.10 Å². The molecule has 0 heterocycles. The molecule has 63 heavy (non-hydrogen) atoms. The number of unbranched alkanes of at least 4 members (excludes halogenated alkanes) is 27. The van der Waals surface area contributed by atoms with Crippen molar-refractivity contribution in [3.63, 3.8) is 0 Å². The van der Waals surface area contributed by atoms with Crippen LogP contribution in [0.25, 0.3) is 0 Å². The van der Waals surface area contributed by atoms with Gasteiger partial charge >= 0.3 is 17.9 Å². The Labute approximate surface area is 390 Å². The second-order valence-electron chi connectivity index (χ2n) is 17.8. The van der Waals surface area contributed by atoms with Gasteiger partial charge in [-0.15, -0.1) is 0 Å². The Bertz CT molecular complexity index is 1150. The molecule has 0 aliphatic rings. The van der Waals surface area contributed by atoms with E-state index in [-0.39, 0.29) is 37.5 Å². The van der Waals surface area contributed by atoms with Crippen LogP contribution in [0.5, 0.6) is 0 Å². The van der Waals surface area contributed by atoms with Crippen LogP contribution in [0.1, 0.15) is 265 Å². The molecule has 0 rings (SSSR count). The highest BCUT2D eigenvalue weighted by Crippen LogP contribution is 2.14. The van der Waals surface area contributed by atoms with Gasteiger partial charge in [-0.1, -0.05) is 210 Å². The average molecular weight is 881 g/mol. The minimum atomic E-state index is -0.798. The highest BCUT2D eigenvalue weighted by molar-refractivity contribution is 5.71. The minimum Gasteiger partial charge on any atom is -0.462 e. The smallest absolute Gasteiger partial charge is 0.306 e. The molecule has 0 amide bonds. The van der Waals surface area contributed by atoms with Crippen LogP contribution in [0.4, 0.5) is 0 Å². The second kappa shape index (κ2) is 51.7. The number of carbonyl (C=O) groups is 3. The molecule has 0 aromatic rings. The van der Waals surface area contributed by atoms with Gasteiger partial charge < -0.3 is 14.2 Å². The lowest BCUT2D eigenvalue weighted by Crippen LogP contribution is -2.30. The highest BCUT2D eigenvalue weighted by atomic mass is 16.6. The highest BCUT2D eigenvalue weighted by Gasteiger charge is 2.19. The van der Waals surface area contributed by atoms with Gasteiger partial charge in [-0.3, -0.25) is 14.4 Å². The fraction of sp³-hybridized carbons (Fsp3) is 0.772. The van der Waals surface area contributed by atoms with E-state index < -0.39 is 6.10 Å². The quantitative estimate of drug-likeness (QED) is 0.0262. The van der Waals surface area contributed by atoms with Crippen molar-refractivity contribution in [3.05, 3.63) is 60.8 Å². The maximum absolute atomic E-state index is 12.8. The molecular weight excluding hydrogens is 781 g/mol. The number of rotatable bonds is 48. The number of esters is 3. The van der Waals surface area contributed by atoms with Crippen molar-refractivity contribution in [1.82, 2.24) is 0 Å². The Morgan fingerprint density at radius 2 is 0.603 bits per heavy atom. The van der Waals surface area contributed by atoms with E-state index in [1.165, 1.54) is 154 Å². The summed E-state index contributed by atoms with van der Waals surface area (Å²) < 4.78 is 16.7. The number of carbonyl (C=O) groups excluding carboxylic acids is 3. The summed E-state index contributed by atoms with van der Waals surface area (Å²) in [6, 6.07) is 0. The lowest BCUT2D eigenvalue weighted by atomic mass is 10.1. The molecule has 0 aromatic carbocycles. The lowest BCUT2D eigenvalue weighted by molar-refractivity contribution is -0.167. The Kier molecular flexibility index (Phi) is 49.4. The van der Waals surface area contributed by atoms with Gasteiger partial charge in [-0.05, 0) is 96.3 Å². The van der Waals surface area contributed by atoms with Crippen molar-refractivity contribution >= 4 is 17.9 Å². The van der Waals surface area contributed by atoms with E-state index in [0.29, 0.717) is 19.3 Å². The van der Waals surface area contributed by atoms with Crippen LogP contribution in [0.3, 0.4) is 0 Å². The Hall–Kier alpha value is -2.89. The SMILES string of the molecule is CCCC/C=C\CCCCCCCC(=O)OC[C@@H](COC(=O)CCC/C=C\C/C=C\C/C=C\CCCCCCCC)OC(=O)CCCCCCCCC/C=C\CCCCCCCC. The molecule has 0 spiro atoms. The first-order valence-electron chi connectivity index (χ1n) is 26.8. The van der Waals surface area contributed by atoms with Gasteiger partial charge in [0.1, 0.15) is 13.2 Å². The van der Waals surface area contributed by atoms with Crippen molar-refractivity contribution in [1.29, 1.82) is 0 Å². The van der Waals surface area contributed by atoms with Crippen LogP contribution in [0, 0.1) is 0 Å². The van der Waals surface area contributed by atoms with Crippen molar-refractivity contribution < 1.29 is 28.6 Å². The van der Waals surface area contributed by atoms with E-state index >= 15 is 0 Å². The van der Waals surface area contributed by atoms with Crippen LogP contribution in [0.15, 0.2) is 60.8 Å². The van der Waals surface area contributed by atoms with Crippen molar-refractivity contribution in [3.8, 4) is 0 Å². The second-order valence-corrected chi connectivity index (χ2v) is 17.8. The maximum atomic E-state index is 12.8. The summed E-state index contributed by atoms with van der Waals surface area (Å²) in [4.78, 5) is 38.0. The van der Waals surface area contributed by atoms with Crippen LogP contribution in [-0.2, 0) is 28.6 Å². The number of allylic oxidation sites excluding steroid dienone is 10. The molecule has 0 saturated heterocycles. The lowest BCUT2D eigenvalue weighted by Gasteiger charge is -2.18. The molecule has 0 aliphatic heterocycles. The summed E-state index contributed by atoms with van der Waals surface area (Å²) in [6.45, 7) is 6.54. The molecule has 6 heteroatoms. The predicted octanol–water partition coefficient (Wildman–Crippen LogP) is 17.6. The molecule has 0 N–H and O–H groups in total. The zero-order chi connectivity index (χ0) is 45.8. The third kappa shape index (κ3) is 50.0. The molecular formula is C57H100O6. The molecule has 0 radical (unpaired) electrons. The van der Waals surface area contributed by atoms with Crippen molar-refractivity contribution in [2.45, 2.75) is 271 Å². The maximum Gasteiger partial charge on any atom is 0.306 e. The number of hydrogen-bond donors (Lipinski definition) is 0. The fourth-order valence-electron chi connectivity index (χ4n) is 7.37. The van der Waals surface area contributed by atoms with Gasteiger partial charge in [-0.2, -0.15) is 0 Å². The predicted molar refractivity (Wildman–Crippen MR) is 270 cm³/mol. The normalized spacial score (nSPS) is 12.5. The Balaban J connectivity index is 4.43. The first-order chi connectivity index (χ1) is 31.0. The summed E-state index contributed by atoms with van der Waals surface area (Å²) in [5.74, 6) is -0.959. The van der Waals surface area contributed by atoms with Crippen molar-refractivity contribution in [2.75, 3.05) is 13.2 Å². The van der Waals surface area contributed by atoms with Gasteiger partial charge in [0.25, 0.3) is 0 Å². The number of hydrogen-bond acceptors (Lipinski definition) is 6. The first-order valence-corrected chi connectivity index (χ1v) is 26.8. The van der Waals surface area contributed by atoms with E-state index in [4.69, 9.17) is 14.2 Å². The van der Waals surface area contributed by atoms with Crippen LogP contribution >= 0.6 is 0 Å². The van der Waals surface area contributed by atoms with E-state index in [2.05, 4.69) is 81.5 Å². The summed E-state index contributed by atoms with van der Waals surface area (Å²) >= 11 is 0. The van der Waals surface area contributed by atoms with Gasteiger partial charge in [-0.25, -0.2) is 0 Å². The third-order valence-corrected chi connectivity index (χ3v) is 11.5. The summed E-state index contributed by atoms with van der Waals surface area (Å²) in [5, 5.41) is 0. The van der Waals surface area contributed by atoms with Crippen LogP contribution in [-0.4, -0.2) is 37.2 Å². The zero-order valence-electron chi connectivity index (χ0n) is 41.6. The molecule has 0 aliphatic carbocycles. The van der Waals surface area contributed by atoms with E-state index in [0.717, 1.165) is 64.2 Å². The van der Waals surface area contributed by atoms with Crippen molar-refractivity contribution in [2.24, 2.45) is 0 Å². The van der Waals surface area contributed by atoms with Gasteiger partial charge in [0.2, 0.25) is 0 Å². The summed E-state index contributed by atoms with van der Waals surface area (Å²) in [6.07, 6.45) is 63.5. The standard InChI is InChI=1S/C57H100O6/c1-4-7-10-13-16-19-22-24-26-28-30-32-35-38-41-44-47-50-56(59)62-53-54(52-61-55(58)49-46-43-40-37-34-21-18-15-12-9-6-3)63-57(60)51-48-45-42-39-36-33-31-29-27-25-23-20-17-14-11-8-5-2/h15,18,24-27,30,32,38,41,54H,4-14,16-17,19-23,28-29,31,33-37,39-40,42-53H2,1-3H3/b18-15-,26-24-,27-25-,32-30-,41-38-/t54-/m0/s1. The van der Waals surface area contributed by atoms with Gasteiger partial charge in [0, 0.05) is 19.3 Å². The molecule has 0 bridgehead atoms. The summed E-state index contributed by atoms with van der Waals surface area (Å²) in [7, 11) is 0. The molecule has 0 fully saturated rings. The Morgan fingerprint density at radius 3 is 1.02 bits per heavy atom. The average Bonchev–Trinajstić information content (AvgIpc) is 3.28. The molecule has 6 nitrogen and oxygen atoms in total. The molecule has 0 unspecified atom stereocenters. The Morgan fingerprint density at radius 1 is 0.317 bits per heavy atom. The zero-order valence-corrected chi connectivity index (χ0v) is 41.6. The minimum absolute atomic E-state index is 0.0956. The van der Waals surface area contributed by atoms with E-state index in [9.17, 15) is 14.4 Å². The molecule has 0 saturated carbocycles. The molecule has 0 aromatic heterocycles. The third-order valence-electron chi connectivity index (χ3n) is 11.5. The van der Waals surface area contributed by atoms with Crippen LogP contribution in [0.2, 0.25) is 0 Å². The molecule has 364 valence electrons. The van der Waals surface area contributed by atoms with Gasteiger partial charge in [0.05, 0.1) is 0 Å². The fourth-order valence-corrected chi connectivity index (χ4v) is 7.37. The molecule has 1 atom stereocenters.